The zero-order chi connectivity index (χ0) is 9.07. The van der Waals surface area contributed by atoms with Crippen molar-refractivity contribution in [2.75, 3.05) is 0 Å². The van der Waals surface area contributed by atoms with Crippen LogP contribution < -0.4 is 16.4 Å². The van der Waals surface area contributed by atoms with Crippen LogP contribution in [0.3, 0.4) is 0 Å². The van der Waals surface area contributed by atoms with E-state index in [1.807, 2.05) is 20.8 Å². The highest BCUT2D eigenvalue weighted by atomic mass is 32.1. The van der Waals surface area contributed by atoms with Gasteiger partial charge in [0.05, 0.1) is 0 Å². The number of hydrogen-bond donors (Lipinski definition) is 3. The van der Waals surface area contributed by atoms with Gasteiger partial charge in [-0.3, -0.25) is 5.32 Å². The Morgan fingerprint density at radius 2 is 1.91 bits per heavy atom. The highest BCUT2D eigenvalue weighted by molar-refractivity contribution is 7.80. The second-order valence-corrected chi connectivity index (χ2v) is 3.63. The summed E-state index contributed by atoms with van der Waals surface area (Å²) in [5.74, 6) is 0. The third-order valence-corrected chi connectivity index (χ3v) is 0.827. The van der Waals surface area contributed by atoms with E-state index in [0.717, 1.165) is 0 Å². The van der Waals surface area contributed by atoms with Crippen molar-refractivity contribution in [2.45, 2.75) is 26.3 Å². The van der Waals surface area contributed by atoms with Crippen LogP contribution in [-0.4, -0.2) is 16.7 Å². The van der Waals surface area contributed by atoms with Gasteiger partial charge in [0.25, 0.3) is 0 Å². The first-order valence-electron chi connectivity index (χ1n) is 3.20. The lowest BCUT2D eigenvalue weighted by Gasteiger charge is -2.20. The molecule has 0 aliphatic heterocycles. The Balaban J connectivity index is 3.80. The number of nitrogens with two attached hydrogens (primary N) is 1. The van der Waals surface area contributed by atoms with Crippen molar-refractivity contribution < 1.29 is 4.79 Å². The SMILES string of the molecule is CC(C)(C)NC(=O)NC(N)=S. The fraction of sp³-hybridized carbons (Fsp3) is 0.667. The number of urea groups is 1. The van der Waals surface area contributed by atoms with Crippen molar-refractivity contribution in [2.24, 2.45) is 5.73 Å². The number of carbonyl (C=O) groups is 1. The minimum atomic E-state index is -0.370. The summed E-state index contributed by atoms with van der Waals surface area (Å²) in [6.07, 6.45) is 0. The average molecular weight is 175 g/mol. The molecule has 4 nitrogen and oxygen atoms in total. The summed E-state index contributed by atoms with van der Waals surface area (Å²) < 4.78 is 0. The van der Waals surface area contributed by atoms with E-state index in [4.69, 9.17) is 5.73 Å². The van der Waals surface area contributed by atoms with Crippen molar-refractivity contribution >= 4 is 23.4 Å². The molecular formula is C6H13N3OS. The second kappa shape index (κ2) is 3.52. The van der Waals surface area contributed by atoms with E-state index in [-0.39, 0.29) is 16.7 Å². The first-order valence-corrected chi connectivity index (χ1v) is 3.61. The molecule has 0 atom stereocenters. The van der Waals surface area contributed by atoms with Gasteiger partial charge >= 0.3 is 6.03 Å². The number of amides is 2. The first-order chi connectivity index (χ1) is 4.81. The molecule has 0 aromatic carbocycles. The smallest absolute Gasteiger partial charge is 0.321 e. The van der Waals surface area contributed by atoms with Crippen LogP contribution in [0.2, 0.25) is 0 Å². The third-order valence-electron chi connectivity index (χ3n) is 0.725. The molecule has 0 aromatic heterocycles. The Labute approximate surface area is 71.5 Å². The Morgan fingerprint density at radius 3 is 2.18 bits per heavy atom. The summed E-state index contributed by atoms with van der Waals surface area (Å²) in [6, 6.07) is -0.370. The van der Waals surface area contributed by atoms with Crippen LogP contribution in [0, 0.1) is 0 Å². The lowest BCUT2D eigenvalue weighted by molar-refractivity contribution is 0.236. The van der Waals surface area contributed by atoms with Gasteiger partial charge in [0.1, 0.15) is 0 Å². The number of nitrogens with one attached hydrogen (secondary N) is 2. The minimum Gasteiger partial charge on any atom is -0.376 e. The average Bonchev–Trinajstić information content (AvgIpc) is 1.53. The van der Waals surface area contributed by atoms with E-state index in [0.29, 0.717) is 0 Å². The molecule has 5 heteroatoms. The molecule has 0 fully saturated rings. The Hall–Kier alpha value is -0.840. The van der Waals surface area contributed by atoms with Crippen LogP contribution in [0.4, 0.5) is 4.79 Å². The lowest BCUT2D eigenvalue weighted by Crippen LogP contribution is -2.49. The van der Waals surface area contributed by atoms with Crippen LogP contribution in [-0.2, 0) is 0 Å². The molecule has 0 saturated heterocycles. The maximum atomic E-state index is 10.9. The van der Waals surface area contributed by atoms with Gasteiger partial charge in [-0.15, -0.1) is 0 Å². The van der Waals surface area contributed by atoms with Crippen LogP contribution in [0.1, 0.15) is 20.8 Å². The first kappa shape index (κ1) is 10.2. The topological polar surface area (TPSA) is 67.2 Å². The van der Waals surface area contributed by atoms with Crippen LogP contribution >= 0.6 is 12.2 Å². The van der Waals surface area contributed by atoms with Gasteiger partial charge < -0.3 is 11.1 Å². The lowest BCUT2D eigenvalue weighted by atomic mass is 10.1. The van der Waals surface area contributed by atoms with Crippen molar-refractivity contribution in [3.05, 3.63) is 0 Å². The quantitative estimate of drug-likeness (QED) is 0.465. The van der Waals surface area contributed by atoms with Crippen molar-refractivity contribution in [3.63, 3.8) is 0 Å². The maximum absolute atomic E-state index is 10.9. The van der Waals surface area contributed by atoms with Crippen LogP contribution in [0.5, 0.6) is 0 Å². The molecule has 0 aromatic rings. The molecule has 0 aliphatic rings. The molecular weight excluding hydrogens is 162 g/mol. The standard InChI is InChI=1S/C6H13N3OS/c1-6(2,3)9-5(10)8-4(7)11/h1-3H3,(H4,7,8,9,10,11). The highest BCUT2D eigenvalue weighted by Gasteiger charge is 2.12. The summed E-state index contributed by atoms with van der Waals surface area (Å²) >= 11 is 4.47. The largest absolute Gasteiger partial charge is 0.376 e. The van der Waals surface area contributed by atoms with Crippen molar-refractivity contribution in [1.82, 2.24) is 10.6 Å². The predicted molar refractivity (Wildman–Crippen MR) is 48.2 cm³/mol. The third kappa shape index (κ3) is 7.05. The van der Waals surface area contributed by atoms with E-state index in [9.17, 15) is 4.79 Å². The van der Waals surface area contributed by atoms with E-state index >= 15 is 0 Å². The number of thiocarbonyl (C=S) groups is 1. The van der Waals surface area contributed by atoms with Gasteiger partial charge in [0, 0.05) is 5.54 Å². The van der Waals surface area contributed by atoms with E-state index < -0.39 is 0 Å². The van der Waals surface area contributed by atoms with Crippen LogP contribution in [0.25, 0.3) is 0 Å². The number of rotatable bonds is 0. The highest BCUT2D eigenvalue weighted by Crippen LogP contribution is 1.96. The van der Waals surface area contributed by atoms with Gasteiger partial charge in [0.15, 0.2) is 5.11 Å². The molecule has 0 heterocycles. The molecule has 0 saturated carbocycles. The molecule has 0 unspecified atom stereocenters. The number of carbonyl (C=O) groups excluding carboxylic acids is 1. The van der Waals surface area contributed by atoms with Crippen molar-refractivity contribution in [1.29, 1.82) is 0 Å². The van der Waals surface area contributed by atoms with Gasteiger partial charge in [0.2, 0.25) is 0 Å². The predicted octanol–water partition coefficient (Wildman–Crippen LogP) is 0.328. The fourth-order valence-corrected chi connectivity index (χ4v) is 0.576. The summed E-state index contributed by atoms with van der Waals surface area (Å²) in [6.45, 7) is 5.60. The fourth-order valence-electron chi connectivity index (χ4n) is 0.484. The molecule has 0 rings (SSSR count). The molecule has 0 radical (unpaired) electrons. The second-order valence-electron chi connectivity index (χ2n) is 3.19. The maximum Gasteiger partial charge on any atom is 0.321 e. The molecule has 0 aliphatic carbocycles. The van der Waals surface area contributed by atoms with E-state index in [1.165, 1.54) is 0 Å². The molecule has 0 bridgehead atoms. The van der Waals surface area contributed by atoms with E-state index in [2.05, 4.69) is 22.9 Å². The Bertz CT molecular complexity index is 173. The minimum absolute atomic E-state index is 0.0215. The number of hydrogen-bond acceptors (Lipinski definition) is 2. The monoisotopic (exact) mass is 175 g/mol. The Kier molecular flexibility index (Phi) is 3.25. The van der Waals surface area contributed by atoms with Gasteiger partial charge in [-0.2, -0.15) is 0 Å². The Morgan fingerprint density at radius 1 is 1.45 bits per heavy atom. The molecule has 4 N–H and O–H groups in total. The zero-order valence-electron chi connectivity index (χ0n) is 6.89. The van der Waals surface area contributed by atoms with Crippen LogP contribution in [0.15, 0.2) is 0 Å². The summed E-state index contributed by atoms with van der Waals surface area (Å²) in [5, 5.41) is 4.87. The molecule has 64 valence electrons. The zero-order valence-corrected chi connectivity index (χ0v) is 7.71. The normalized spacial score (nSPS) is 10.5. The van der Waals surface area contributed by atoms with Gasteiger partial charge in [-0.1, -0.05) is 0 Å². The molecule has 11 heavy (non-hydrogen) atoms. The summed E-state index contributed by atoms with van der Waals surface area (Å²) in [5.41, 5.74) is 4.80. The van der Waals surface area contributed by atoms with Gasteiger partial charge in [-0.25, -0.2) is 4.79 Å². The molecule has 0 spiro atoms. The van der Waals surface area contributed by atoms with Crippen molar-refractivity contribution in [3.8, 4) is 0 Å². The summed E-state index contributed by atoms with van der Waals surface area (Å²) in [4.78, 5) is 10.9. The summed E-state index contributed by atoms with van der Waals surface area (Å²) in [7, 11) is 0. The molecule has 2 amide bonds. The van der Waals surface area contributed by atoms with Gasteiger partial charge in [-0.05, 0) is 33.0 Å². The van der Waals surface area contributed by atoms with E-state index in [1.54, 1.807) is 0 Å².